The number of carbonyl (C=O) groups excluding carboxylic acids is 1. The molecule has 1 saturated heterocycles. The fourth-order valence-electron chi connectivity index (χ4n) is 3.18. The number of rotatable bonds is 8. The number of nitrogens with zero attached hydrogens (tertiary/aromatic N) is 2. The SMILES string of the molecule is CCCNS(=O)(=O)c1ccc(OCC(=O)N2CCN(c3ccc(F)cc3)CC2)c(Cl)c1. The van der Waals surface area contributed by atoms with E-state index in [2.05, 4.69) is 9.62 Å². The number of benzene rings is 2. The molecule has 1 N–H and O–H groups in total. The maximum absolute atomic E-state index is 13.1. The topological polar surface area (TPSA) is 78.9 Å². The quantitative estimate of drug-likeness (QED) is 0.643. The number of piperazine rings is 1. The van der Waals surface area contributed by atoms with Crippen LogP contribution in [-0.2, 0) is 14.8 Å². The van der Waals surface area contributed by atoms with Crippen LogP contribution in [-0.4, -0.2) is 58.6 Å². The van der Waals surface area contributed by atoms with Crippen molar-refractivity contribution in [3.8, 4) is 5.75 Å². The van der Waals surface area contributed by atoms with Gasteiger partial charge in [-0.2, -0.15) is 0 Å². The van der Waals surface area contributed by atoms with Crippen LogP contribution in [0.3, 0.4) is 0 Å². The number of ether oxygens (including phenoxy) is 1. The lowest BCUT2D eigenvalue weighted by molar-refractivity contribution is -0.133. The third-order valence-corrected chi connectivity index (χ3v) is 6.69. The molecule has 1 amide bonds. The van der Waals surface area contributed by atoms with E-state index in [9.17, 15) is 17.6 Å². The van der Waals surface area contributed by atoms with Crippen LogP contribution < -0.4 is 14.4 Å². The number of nitrogens with one attached hydrogen (secondary N) is 1. The summed E-state index contributed by atoms with van der Waals surface area (Å²) in [5.41, 5.74) is 0.917. The van der Waals surface area contributed by atoms with E-state index >= 15 is 0 Å². The summed E-state index contributed by atoms with van der Waals surface area (Å²) in [7, 11) is -3.63. The summed E-state index contributed by atoms with van der Waals surface area (Å²) in [4.78, 5) is 16.3. The second kappa shape index (κ2) is 10.3. The van der Waals surface area contributed by atoms with Gasteiger partial charge in [-0.25, -0.2) is 17.5 Å². The van der Waals surface area contributed by atoms with Crippen molar-refractivity contribution in [1.82, 2.24) is 9.62 Å². The number of amides is 1. The zero-order valence-corrected chi connectivity index (χ0v) is 18.8. The van der Waals surface area contributed by atoms with Crippen molar-refractivity contribution in [3.63, 3.8) is 0 Å². The standard InChI is InChI=1S/C21H25ClFN3O4S/c1-2-9-24-31(28,29)18-7-8-20(19(22)14-18)30-15-21(27)26-12-10-25(11-13-26)17-5-3-16(23)4-6-17/h3-8,14,24H,2,9-13,15H2,1H3. The Morgan fingerprint density at radius 2 is 1.81 bits per heavy atom. The Bertz CT molecular complexity index is 1010. The van der Waals surface area contributed by atoms with Gasteiger partial charge in [0.1, 0.15) is 11.6 Å². The van der Waals surface area contributed by atoms with Crippen LogP contribution in [0.4, 0.5) is 10.1 Å². The molecule has 3 rings (SSSR count). The summed E-state index contributed by atoms with van der Waals surface area (Å²) in [6.07, 6.45) is 0.675. The first-order valence-corrected chi connectivity index (χ1v) is 11.9. The predicted molar refractivity (Wildman–Crippen MR) is 118 cm³/mol. The van der Waals surface area contributed by atoms with Crippen molar-refractivity contribution in [2.45, 2.75) is 18.2 Å². The van der Waals surface area contributed by atoms with Crippen molar-refractivity contribution in [3.05, 3.63) is 53.3 Å². The summed E-state index contributed by atoms with van der Waals surface area (Å²) in [6, 6.07) is 10.4. The number of sulfonamides is 1. The third kappa shape index (κ3) is 6.09. The monoisotopic (exact) mass is 469 g/mol. The first-order valence-electron chi connectivity index (χ1n) is 10.0. The summed E-state index contributed by atoms with van der Waals surface area (Å²) < 4.78 is 45.4. The van der Waals surface area contributed by atoms with Crippen LogP contribution in [0.25, 0.3) is 0 Å². The van der Waals surface area contributed by atoms with Crippen molar-refractivity contribution in [2.24, 2.45) is 0 Å². The van der Waals surface area contributed by atoms with Crippen LogP contribution in [0.5, 0.6) is 5.75 Å². The van der Waals surface area contributed by atoms with E-state index in [1.54, 1.807) is 17.0 Å². The molecule has 0 aliphatic carbocycles. The van der Waals surface area contributed by atoms with Crippen LogP contribution in [0.2, 0.25) is 5.02 Å². The Labute approximate surface area is 186 Å². The molecule has 1 aliphatic rings. The Kier molecular flexibility index (Phi) is 7.74. The van der Waals surface area contributed by atoms with Crippen LogP contribution >= 0.6 is 11.6 Å². The Morgan fingerprint density at radius 1 is 1.13 bits per heavy atom. The maximum Gasteiger partial charge on any atom is 0.260 e. The molecule has 10 heteroatoms. The molecule has 31 heavy (non-hydrogen) atoms. The van der Waals surface area contributed by atoms with E-state index < -0.39 is 10.0 Å². The minimum Gasteiger partial charge on any atom is -0.482 e. The molecule has 0 radical (unpaired) electrons. The van der Waals surface area contributed by atoms with E-state index in [-0.39, 0.29) is 34.0 Å². The van der Waals surface area contributed by atoms with E-state index in [1.807, 2.05) is 6.92 Å². The van der Waals surface area contributed by atoms with Gasteiger partial charge in [-0.3, -0.25) is 4.79 Å². The Balaban J connectivity index is 1.52. The predicted octanol–water partition coefficient (Wildman–Crippen LogP) is 2.90. The summed E-state index contributed by atoms with van der Waals surface area (Å²) >= 11 is 6.16. The molecule has 1 aliphatic heterocycles. The van der Waals surface area contributed by atoms with Gasteiger partial charge in [0.25, 0.3) is 5.91 Å². The van der Waals surface area contributed by atoms with Crippen molar-refractivity contribution >= 4 is 33.2 Å². The van der Waals surface area contributed by atoms with Crippen molar-refractivity contribution < 1.29 is 22.3 Å². The van der Waals surface area contributed by atoms with Crippen LogP contribution in [0, 0.1) is 5.82 Å². The average Bonchev–Trinajstić information content (AvgIpc) is 2.77. The first-order chi connectivity index (χ1) is 14.8. The lowest BCUT2D eigenvalue weighted by atomic mass is 10.2. The molecule has 2 aromatic carbocycles. The van der Waals surface area contributed by atoms with Gasteiger partial charge in [0.05, 0.1) is 9.92 Å². The number of carbonyl (C=O) groups is 1. The number of hydrogen-bond acceptors (Lipinski definition) is 5. The van der Waals surface area contributed by atoms with Gasteiger partial charge in [-0.1, -0.05) is 18.5 Å². The molecule has 1 fully saturated rings. The van der Waals surface area contributed by atoms with Gasteiger partial charge in [0.15, 0.2) is 6.61 Å². The second-order valence-electron chi connectivity index (χ2n) is 7.12. The minimum absolute atomic E-state index is 0.0431. The molecule has 0 spiro atoms. The number of anilines is 1. The molecule has 0 saturated carbocycles. The molecular formula is C21H25ClFN3O4S. The molecule has 0 aromatic heterocycles. The first kappa shape index (κ1) is 23.3. The van der Waals surface area contributed by atoms with Crippen molar-refractivity contribution in [2.75, 3.05) is 44.2 Å². The number of halogens is 2. The van der Waals surface area contributed by atoms with E-state index in [0.29, 0.717) is 39.1 Å². The van der Waals surface area contributed by atoms with E-state index in [4.69, 9.17) is 16.3 Å². The van der Waals surface area contributed by atoms with Gasteiger partial charge < -0.3 is 14.5 Å². The molecule has 168 valence electrons. The highest BCUT2D eigenvalue weighted by Crippen LogP contribution is 2.27. The summed E-state index contributed by atoms with van der Waals surface area (Å²) in [5, 5.41) is 0.119. The normalized spacial score (nSPS) is 14.5. The van der Waals surface area contributed by atoms with Gasteiger partial charge in [0.2, 0.25) is 10.0 Å². The van der Waals surface area contributed by atoms with Crippen LogP contribution in [0.15, 0.2) is 47.4 Å². The van der Waals surface area contributed by atoms with E-state index in [1.165, 1.54) is 30.3 Å². The van der Waals surface area contributed by atoms with Gasteiger partial charge in [0, 0.05) is 38.4 Å². The van der Waals surface area contributed by atoms with Gasteiger partial charge in [-0.15, -0.1) is 0 Å². The lowest BCUT2D eigenvalue weighted by Gasteiger charge is -2.36. The number of hydrogen-bond donors (Lipinski definition) is 1. The Hall–Kier alpha value is -2.36. The van der Waals surface area contributed by atoms with E-state index in [0.717, 1.165) is 5.69 Å². The molecule has 2 aromatic rings. The fraction of sp³-hybridized carbons (Fsp3) is 0.381. The Morgan fingerprint density at radius 3 is 2.42 bits per heavy atom. The second-order valence-corrected chi connectivity index (χ2v) is 9.30. The average molecular weight is 470 g/mol. The molecule has 0 bridgehead atoms. The molecule has 0 atom stereocenters. The van der Waals surface area contributed by atoms with Gasteiger partial charge >= 0.3 is 0 Å². The smallest absolute Gasteiger partial charge is 0.260 e. The minimum atomic E-state index is -3.63. The summed E-state index contributed by atoms with van der Waals surface area (Å²) in [6.45, 7) is 4.32. The largest absolute Gasteiger partial charge is 0.482 e. The molecule has 7 nitrogen and oxygen atoms in total. The molecular weight excluding hydrogens is 445 g/mol. The van der Waals surface area contributed by atoms with Gasteiger partial charge in [-0.05, 0) is 48.9 Å². The van der Waals surface area contributed by atoms with Crippen LogP contribution in [0.1, 0.15) is 13.3 Å². The maximum atomic E-state index is 13.1. The third-order valence-electron chi connectivity index (χ3n) is 4.93. The molecule has 1 heterocycles. The highest BCUT2D eigenvalue weighted by Gasteiger charge is 2.22. The highest BCUT2D eigenvalue weighted by atomic mass is 35.5. The summed E-state index contributed by atoms with van der Waals surface area (Å²) in [5.74, 6) is -0.221. The van der Waals surface area contributed by atoms with Crippen molar-refractivity contribution in [1.29, 1.82) is 0 Å². The zero-order valence-electron chi connectivity index (χ0n) is 17.2. The lowest BCUT2D eigenvalue weighted by Crippen LogP contribution is -2.50. The fourth-order valence-corrected chi connectivity index (χ4v) is 4.64. The zero-order chi connectivity index (χ0) is 22.4. The highest BCUT2D eigenvalue weighted by molar-refractivity contribution is 7.89. The molecule has 0 unspecified atom stereocenters.